The van der Waals surface area contributed by atoms with Gasteiger partial charge >= 0.3 is 0 Å². The topological polar surface area (TPSA) is 52.7 Å². The molecule has 22 heavy (non-hydrogen) atoms. The molecule has 0 unspecified atom stereocenters. The molecule has 0 aliphatic carbocycles. The van der Waals surface area contributed by atoms with Crippen LogP contribution in [-0.2, 0) is 9.59 Å². The zero-order valence-corrected chi connectivity index (χ0v) is 15.2. The first-order chi connectivity index (χ1) is 10.5. The van der Waals surface area contributed by atoms with E-state index in [1.165, 1.54) is 0 Å². The Labute approximate surface area is 145 Å². The molecule has 1 N–H and O–H groups in total. The number of benzene rings is 1. The zero-order valence-electron chi connectivity index (χ0n) is 13.0. The van der Waals surface area contributed by atoms with Gasteiger partial charge in [0.1, 0.15) is 0 Å². The maximum atomic E-state index is 12.1. The van der Waals surface area contributed by atoms with Gasteiger partial charge in [-0.1, -0.05) is 26.0 Å². The Morgan fingerprint density at radius 1 is 1.18 bits per heavy atom. The zero-order chi connectivity index (χ0) is 16.1. The van der Waals surface area contributed by atoms with Crippen LogP contribution in [0.2, 0.25) is 0 Å². The summed E-state index contributed by atoms with van der Waals surface area (Å²) in [6.45, 7) is 7.11. The van der Waals surface area contributed by atoms with E-state index in [1.54, 1.807) is 0 Å². The van der Waals surface area contributed by atoms with Crippen molar-refractivity contribution in [2.75, 3.05) is 38.0 Å². The fourth-order valence-electron chi connectivity index (χ4n) is 2.45. The molecule has 1 fully saturated rings. The van der Waals surface area contributed by atoms with E-state index in [-0.39, 0.29) is 17.7 Å². The fourth-order valence-corrected chi connectivity index (χ4v) is 2.97. The molecule has 0 saturated carbocycles. The molecule has 2 amide bonds. The molecule has 1 heterocycles. The minimum atomic E-state index is -0.00671. The van der Waals surface area contributed by atoms with Gasteiger partial charge < -0.3 is 10.2 Å². The van der Waals surface area contributed by atoms with Gasteiger partial charge in [0.15, 0.2) is 0 Å². The maximum Gasteiger partial charge on any atom is 0.238 e. The molecule has 0 radical (unpaired) electrons. The van der Waals surface area contributed by atoms with Crippen LogP contribution in [0.4, 0.5) is 5.69 Å². The van der Waals surface area contributed by atoms with Gasteiger partial charge in [0.05, 0.1) is 12.2 Å². The van der Waals surface area contributed by atoms with Crippen LogP contribution in [0, 0.1) is 9.49 Å². The molecule has 0 atom stereocenters. The molecule has 5 nitrogen and oxygen atoms in total. The number of piperazine rings is 1. The van der Waals surface area contributed by atoms with Crippen molar-refractivity contribution >= 4 is 40.1 Å². The van der Waals surface area contributed by atoms with Crippen molar-refractivity contribution in [2.24, 2.45) is 5.92 Å². The van der Waals surface area contributed by atoms with Crippen LogP contribution in [-0.4, -0.2) is 54.3 Å². The highest BCUT2D eigenvalue weighted by Crippen LogP contribution is 2.17. The first-order valence-corrected chi connectivity index (χ1v) is 8.61. The number of rotatable bonds is 4. The van der Waals surface area contributed by atoms with Crippen LogP contribution < -0.4 is 5.32 Å². The number of hydrogen-bond donors (Lipinski definition) is 1. The van der Waals surface area contributed by atoms with Crippen molar-refractivity contribution in [3.63, 3.8) is 0 Å². The second kappa shape index (κ2) is 7.92. The molecule has 1 aromatic carbocycles. The number of para-hydroxylation sites is 1. The van der Waals surface area contributed by atoms with Crippen LogP contribution in [0.25, 0.3) is 0 Å². The van der Waals surface area contributed by atoms with Crippen LogP contribution >= 0.6 is 22.6 Å². The van der Waals surface area contributed by atoms with E-state index in [0.29, 0.717) is 19.6 Å². The normalized spacial score (nSPS) is 15.9. The van der Waals surface area contributed by atoms with Gasteiger partial charge in [0.2, 0.25) is 11.8 Å². The van der Waals surface area contributed by atoms with Crippen LogP contribution in [0.15, 0.2) is 24.3 Å². The summed E-state index contributed by atoms with van der Waals surface area (Å²) >= 11 is 2.21. The molecule has 120 valence electrons. The standard InChI is InChI=1S/C16H22IN3O2/c1-12(2)16(22)20-9-7-19(8-10-20)11-15(21)18-14-6-4-3-5-13(14)17/h3-6,12H,7-11H2,1-2H3,(H,18,21). The molecule has 1 aromatic rings. The average molecular weight is 415 g/mol. The average Bonchev–Trinajstić information content (AvgIpc) is 2.49. The van der Waals surface area contributed by atoms with Crippen molar-refractivity contribution in [1.29, 1.82) is 0 Å². The Kier molecular flexibility index (Phi) is 6.19. The number of nitrogens with zero attached hydrogens (tertiary/aromatic N) is 2. The lowest BCUT2D eigenvalue weighted by Crippen LogP contribution is -2.51. The monoisotopic (exact) mass is 415 g/mol. The van der Waals surface area contributed by atoms with Crippen molar-refractivity contribution in [3.8, 4) is 0 Å². The number of halogens is 1. The van der Waals surface area contributed by atoms with Gasteiger partial charge in [-0.25, -0.2) is 0 Å². The molecule has 6 heteroatoms. The van der Waals surface area contributed by atoms with Gasteiger partial charge in [-0.2, -0.15) is 0 Å². The minimum absolute atomic E-state index is 0.00671. The Morgan fingerprint density at radius 3 is 2.41 bits per heavy atom. The van der Waals surface area contributed by atoms with E-state index >= 15 is 0 Å². The van der Waals surface area contributed by atoms with E-state index in [0.717, 1.165) is 22.3 Å². The third-order valence-corrected chi connectivity index (χ3v) is 4.63. The van der Waals surface area contributed by atoms with Gasteiger partial charge in [0, 0.05) is 35.7 Å². The van der Waals surface area contributed by atoms with Crippen LogP contribution in [0.3, 0.4) is 0 Å². The van der Waals surface area contributed by atoms with E-state index in [2.05, 4.69) is 32.8 Å². The minimum Gasteiger partial charge on any atom is -0.340 e. The number of hydrogen-bond acceptors (Lipinski definition) is 3. The summed E-state index contributed by atoms with van der Waals surface area (Å²) in [6.07, 6.45) is 0. The maximum absolute atomic E-state index is 12.1. The molecule has 1 aliphatic heterocycles. The van der Waals surface area contributed by atoms with Gasteiger partial charge in [0.25, 0.3) is 0 Å². The summed E-state index contributed by atoms with van der Waals surface area (Å²) in [7, 11) is 0. The third-order valence-electron chi connectivity index (χ3n) is 3.69. The van der Waals surface area contributed by atoms with Crippen molar-refractivity contribution in [2.45, 2.75) is 13.8 Å². The summed E-state index contributed by atoms with van der Waals surface area (Å²) in [5.41, 5.74) is 0.849. The van der Waals surface area contributed by atoms with Crippen molar-refractivity contribution in [3.05, 3.63) is 27.8 Å². The van der Waals surface area contributed by atoms with E-state index in [9.17, 15) is 9.59 Å². The van der Waals surface area contributed by atoms with Crippen LogP contribution in [0.5, 0.6) is 0 Å². The lowest BCUT2D eigenvalue weighted by molar-refractivity contribution is -0.136. The fraction of sp³-hybridized carbons (Fsp3) is 0.500. The SMILES string of the molecule is CC(C)C(=O)N1CCN(CC(=O)Nc2ccccc2I)CC1. The highest BCUT2D eigenvalue weighted by atomic mass is 127. The predicted octanol–water partition coefficient (Wildman–Crippen LogP) is 2.03. The molecule has 1 aliphatic rings. The lowest BCUT2D eigenvalue weighted by atomic mass is 10.1. The molecule has 2 rings (SSSR count). The third kappa shape index (κ3) is 4.67. The lowest BCUT2D eigenvalue weighted by Gasteiger charge is -2.35. The summed E-state index contributed by atoms with van der Waals surface area (Å²) in [5.74, 6) is 0.227. The van der Waals surface area contributed by atoms with Gasteiger partial charge in [-0.3, -0.25) is 14.5 Å². The van der Waals surface area contributed by atoms with Gasteiger partial charge in [-0.05, 0) is 34.7 Å². The summed E-state index contributed by atoms with van der Waals surface area (Å²) in [6, 6.07) is 7.72. The van der Waals surface area contributed by atoms with Gasteiger partial charge in [-0.15, -0.1) is 0 Å². The van der Waals surface area contributed by atoms with E-state index in [1.807, 2.05) is 43.0 Å². The first-order valence-electron chi connectivity index (χ1n) is 7.53. The second-order valence-corrected chi connectivity index (χ2v) is 6.95. The predicted molar refractivity (Wildman–Crippen MR) is 95.6 cm³/mol. The number of nitrogens with one attached hydrogen (secondary N) is 1. The number of carbonyl (C=O) groups excluding carboxylic acids is 2. The summed E-state index contributed by atoms with van der Waals surface area (Å²) in [4.78, 5) is 28.0. The number of amides is 2. The Hall–Kier alpha value is -1.15. The quantitative estimate of drug-likeness (QED) is 0.766. The van der Waals surface area contributed by atoms with Crippen molar-refractivity contribution < 1.29 is 9.59 Å². The van der Waals surface area contributed by atoms with Crippen LogP contribution in [0.1, 0.15) is 13.8 Å². The highest BCUT2D eigenvalue weighted by molar-refractivity contribution is 14.1. The molecule has 1 saturated heterocycles. The Balaban J connectivity index is 1.80. The Morgan fingerprint density at radius 2 is 1.82 bits per heavy atom. The second-order valence-electron chi connectivity index (χ2n) is 5.78. The van der Waals surface area contributed by atoms with Crippen molar-refractivity contribution in [1.82, 2.24) is 9.80 Å². The largest absolute Gasteiger partial charge is 0.340 e. The summed E-state index contributed by atoms with van der Waals surface area (Å²) < 4.78 is 1.03. The van der Waals surface area contributed by atoms with E-state index < -0.39 is 0 Å². The molecule has 0 aromatic heterocycles. The molecule has 0 bridgehead atoms. The molecular formula is C16H22IN3O2. The first kappa shape index (κ1) is 17.2. The van der Waals surface area contributed by atoms with E-state index in [4.69, 9.17) is 0 Å². The number of carbonyl (C=O) groups is 2. The highest BCUT2D eigenvalue weighted by Gasteiger charge is 2.23. The smallest absolute Gasteiger partial charge is 0.238 e. The molecule has 0 spiro atoms. The molecular weight excluding hydrogens is 393 g/mol. The summed E-state index contributed by atoms with van der Waals surface area (Å²) in [5, 5.41) is 2.94. The number of anilines is 1. The Bertz CT molecular complexity index is 540.